The maximum absolute atomic E-state index is 14.8. The van der Waals surface area contributed by atoms with Crippen molar-refractivity contribution in [2.24, 2.45) is 17.3 Å². The second-order valence-electron chi connectivity index (χ2n) is 9.14. The number of nitrogens with one attached hydrogen (secondary N) is 1. The van der Waals surface area contributed by atoms with Crippen molar-refractivity contribution in [3.8, 4) is 0 Å². The monoisotopic (exact) mass is 366 g/mol. The Morgan fingerprint density at radius 1 is 1.15 bits per heavy atom. The number of hydrogen-bond acceptors (Lipinski definition) is 4. The Hall–Kier alpha value is -1.66. The molecule has 7 heteroatoms. The summed E-state index contributed by atoms with van der Waals surface area (Å²) in [6.45, 7) is 1.55. The average Bonchev–Trinajstić information content (AvgIpc) is 2.94. The van der Waals surface area contributed by atoms with E-state index in [-0.39, 0.29) is 36.9 Å². The second kappa shape index (κ2) is 5.67. The van der Waals surface area contributed by atoms with Crippen LogP contribution in [-0.4, -0.2) is 54.1 Å². The minimum absolute atomic E-state index is 0.00874. The van der Waals surface area contributed by atoms with Crippen LogP contribution in [0.2, 0.25) is 0 Å². The van der Waals surface area contributed by atoms with Crippen molar-refractivity contribution >= 4 is 17.8 Å². The number of ether oxygens (including phenoxy) is 1. The number of likely N-dealkylation sites (tertiary alicyclic amines) is 1. The third-order valence-corrected chi connectivity index (χ3v) is 7.01. The first kappa shape index (κ1) is 17.7. The maximum Gasteiger partial charge on any atom is 0.345 e. The van der Waals surface area contributed by atoms with Gasteiger partial charge in [0, 0.05) is 25.4 Å². The van der Waals surface area contributed by atoms with E-state index in [1.54, 1.807) is 0 Å². The molecule has 4 aliphatic carbocycles. The zero-order chi connectivity index (χ0) is 18.7. The fraction of sp³-hybridized carbons (Fsp3) is 0.842. The van der Waals surface area contributed by atoms with Gasteiger partial charge in [-0.25, -0.2) is 9.18 Å². The summed E-state index contributed by atoms with van der Waals surface area (Å²) in [5, 5.41) is 3.14. The van der Waals surface area contributed by atoms with Gasteiger partial charge in [0.2, 0.25) is 17.5 Å². The lowest BCUT2D eigenvalue weighted by Gasteiger charge is -2.61. The van der Waals surface area contributed by atoms with Gasteiger partial charge in [0.05, 0.1) is 19.1 Å². The predicted molar refractivity (Wildman–Crippen MR) is 90.7 cm³/mol. The van der Waals surface area contributed by atoms with Crippen LogP contribution in [0.3, 0.4) is 0 Å². The van der Waals surface area contributed by atoms with E-state index in [0.29, 0.717) is 18.3 Å². The van der Waals surface area contributed by atoms with Crippen LogP contribution in [0.5, 0.6) is 0 Å². The molecule has 4 bridgehead atoms. The molecule has 1 aliphatic heterocycles. The van der Waals surface area contributed by atoms with Crippen LogP contribution in [0.1, 0.15) is 51.9 Å². The molecule has 1 heterocycles. The van der Waals surface area contributed by atoms with Crippen LogP contribution in [0.15, 0.2) is 0 Å². The number of halogens is 1. The normalized spacial score (nSPS) is 43.4. The Balaban J connectivity index is 1.56. The van der Waals surface area contributed by atoms with Crippen LogP contribution in [0.4, 0.5) is 4.39 Å². The Kier molecular flexibility index (Phi) is 3.87. The van der Waals surface area contributed by atoms with E-state index < -0.39 is 17.1 Å². The Morgan fingerprint density at radius 2 is 1.81 bits per heavy atom. The molecule has 6 nitrogen and oxygen atoms in total. The molecule has 144 valence electrons. The van der Waals surface area contributed by atoms with Crippen LogP contribution in [0, 0.1) is 17.3 Å². The summed E-state index contributed by atoms with van der Waals surface area (Å²) in [6.07, 6.45) is 5.26. The topological polar surface area (TPSA) is 75.7 Å². The van der Waals surface area contributed by atoms with Crippen molar-refractivity contribution < 1.29 is 23.5 Å². The average molecular weight is 366 g/mol. The van der Waals surface area contributed by atoms with Gasteiger partial charge in [0.1, 0.15) is 0 Å². The fourth-order valence-electron chi connectivity index (χ4n) is 6.66. The largest absolute Gasteiger partial charge is 0.467 e. The molecule has 1 N–H and O–H groups in total. The molecule has 0 aromatic heterocycles. The summed E-state index contributed by atoms with van der Waals surface area (Å²) in [7, 11) is 1.17. The highest BCUT2D eigenvalue weighted by Crippen LogP contribution is 2.62. The molecular weight excluding hydrogens is 339 g/mol. The van der Waals surface area contributed by atoms with Gasteiger partial charge >= 0.3 is 5.97 Å². The number of nitrogens with zero attached hydrogens (tertiary/aromatic N) is 1. The van der Waals surface area contributed by atoms with Gasteiger partial charge in [-0.15, -0.1) is 0 Å². The zero-order valence-corrected chi connectivity index (χ0v) is 15.5. The second-order valence-corrected chi connectivity index (χ2v) is 9.14. The minimum Gasteiger partial charge on any atom is -0.467 e. The summed E-state index contributed by atoms with van der Waals surface area (Å²) in [5.41, 5.74) is -2.91. The molecule has 2 amide bonds. The van der Waals surface area contributed by atoms with Crippen molar-refractivity contribution in [1.82, 2.24) is 10.2 Å². The van der Waals surface area contributed by atoms with Gasteiger partial charge in [0.15, 0.2) is 0 Å². The lowest BCUT2D eigenvalue weighted by molar-refractivity contribution is -0.164. The molecule has 0 radical (unpaired) electrons. The summed E-state index contributed by atoms with van der Waals surface area (Å²) in [5.74, 6) is -0.113. The summed E-state index contributed by atoms with van der Waals surface area (Å²) in [6, 6.07) is 0. The number of carbonyl (C=O) groups excluding carboxylic acids is 3. The lowest BCUT2D eigenvalue weighted by atomic mass is 9.46. The molecule has 5 fully saturated rings. The van der Waals surface area contributed by atoms with Gasteiger partial charge in [-0.3, -0.25) is 9.59 Å². The van der Waals surface area contributed by atoms with E-state index in [2.05, 4.69) is 10.1 Å². The molecule has 3 unspecified atom stereocenters. The first-order chi connectivity index (χ1) is 12.2. The quantitative estimate of drug-likeness (QED) is 0.770. The number of hydrogen-bond donors (Lipinski definition) is 1. The van der Waals surface area contributed by atoms with E-state index >= 15 is 0 Å². The van der Waals surface area contributed by atoms with E-state index in [1.165, 1.54) is 18.9 Å². The van der Waals surface area contributed by atoms with Gasteiger partial charge in [-0.1, -0.05) is 0 Å². The van der Waals surface area contributed by atoms with Crippen LogP contribution in [0.25, 0.3) is 0 Å². The first-order valence-corrected chi connectivity index (χ1v) is 9.55. The molecular formula is C19H27FN2O4. The SMILES string of the molecule is COC(=O)C1(F)CCN(C(=O)C23CC4CC(CC(NC(C)=O)(C4)C2)C3)C1. The molecule has 0 spiro atoms. The van der Waals surface area contributed by atoms with E-state index in [1.807, 2.05) is 0 Å². The third kappa shape index (κ3) is 2.62. The van der Waals surface area contributed by atoms with Crippen molar-refractivity contribution in [3.63, 3.8) is 0 Å². The Bertz CT molecular complexity index is 652. The van der Waals surface area contributed by atoms with E-state index in [9.17, 15) is 18.8 Å². The zero-order valence-electron chi connectivity index (χ0n) is 15.5. The van der Waals surface area contributed by atoms with Gasteiger partial charge < -0.3 is 15.0 Å². The molecule has 4 saturated carbocycles. The Morgan fingerprint density at radius 3 is 2.38 bits per heavy atom. The smallest absolute Gasteiger partial charge is 0.345 e. The Labute approximate surface area is 152 Å². The van der Waals surface area contributed by atoms with Crippen molar-refractivity contribution in [2.75, 3.05) is 20.2 Å². The third-order valence-electron chi connectivity index (χ3n) is 7.01. The van der Waals surface area contributed by atoms with Crippen molar-refractivity contribution in [2.45, 2.75) is 63.1 Å². The number of carbonyl (C=O) groups is 3. The molecule has 0 aromatic carbocycles. The lowest BCUT2D eigenvalue weighted by Crippen LogP contribution is -2.66. The molecule has 5 rings (SSSR count). The van der Waals surface area contributed by atoms with Gasteiger partial charge in [-0.05, 0) is 50.4 Å². The molecule has 3 atom stereocenters. The number of rotatable bonds is 3. The van der Waals surface area contributed by atoms with Crippen molar-refractivity contribution in [3.05, 3.63) is 0 Å². The highest BCUT2D eigenvalue weighted by atomic mass is 19.1. The summed E-state index contributed by atoms with van der Waals surface area (Å²) >= 11 is 0. The maximum atomic E-state index is 14.8. The van der Waals surface area contributed by atoms with Crippen LogP contribution < -0.4 is 5.32 Å². The van der Waals surface area contributed by atoms with E-state index in [4.69, 9.17) is 0 Å². The number of methoxy groups -OCH3 is 1. The van der Waals surface area contributed by atoms with Crippen molar-refractivity contribution in [1.29, 1.82) is 0 Å². The predicted octanol–water partition coefficient (Wildman–Crippen LogP) is 1.58. The summed E-state index contributed by atoms with van der Waals surface area (Å²) in [4.78, 5) is 38.4. The molecule has 0 aromatic rings. The molecule has 26 heavy (non-hydrogen) atoms. The van der Waals surface area contributed by atoms with Gasteiger partial charge in [-0.2, -0.15) is 0 Å². The minimum atomic E-state index is -2.10. The number of alkyl halides is 1. The highest BCUT2D eigenvalue weighted by Gasteiger charge is 2.62. The highest BCUT2D eigenvalue weighted by molar-refractivity contribution is 5.87. The first-order valence-electron chi connectivity index (χ1n) is 9.55. The fourth-order valence-corrected chi connectivity index (χ4v) is 6.66. The van der Waals surface area contributed by atoms with Crippen LogP contribution in [-0.2, 0) is 19.1 Å². The molecule has 5 aliphatic rings. The standard InChI is InChI=1S/C19H27FN2O4/c1-12(23)21-18-8-13-5-14(9-18)7-17(6-13,10-18)15(24)22-4-3-19(20,11-22)16(25)26-2/h13-14H,3-11H2,1-2H3,(H,21,23). The van der Waals surface area contributed by atoms with Crippen LogP contribution >= 0.6 is 0 Å². The number of esters is 1. The van der Waals surface area contributed by atoms with E-state index in [0.717, 1.165) is 32.1 Å². The molecule has 1 saturated heterocycles. The number of amides is 2. The summed E-state index contributed by atoms with van der Waals surface area (Å²) < 4.78 is 19.4. The van der Waals surface area contributed by atoms with Gasteiger partial charge in [0.25, 0.3) is 0 Å².